The van der Waals surface area contributed by atoms with Gasteiger partial charge in [-0.1, -0.05) is 96.2 Å². The van der Waals surface area contributed by atoms with Crippen molar-refractivity contribution in [2.24, 2.45) is 0 Å². The first-order valence-corrected chi connectivity index (χ1v) is 11.9. The summed E-state index contributed by atoms with van der Waals surface area (Å²) < 4.78 is 5.83. The van der Waals surface area contributed by atoms with Gasteiger partial charge in [-0.25, -0.2) is 4.79 Å². The van der Waals surface area contributed by atoms with E-state index in [0.29, 0.717) is 16.1 Å². The van der Waals surface area contributed by atoms with Gasteiger partial charge in [-0.15, -0.1) is 0 Å². The van der Waals surface area contributed by atoms with E-state index in [9.17, 15) is 19.7 Å². The maximum Gasteiger partial charge on any atom is 0.343 e. The summed E-state index contributed by atoms with van der Waals surface area (Å²) in [5.74, 6) is -1.15. The van der Waals surface area contributed by atoms with Crippen LogP contribution in [0.2, 0.25) is 5.02 Å². The molecular weight excluding hydrogens is 498 g/mol. The van der Waals surface area contributed by atoms with Gasteiger partial charge in [0.25, 0.3) is 5.69 Å². The third-order valence-corrected chi connectivity index (χ3v) is 6.43. The van der Waals surface area contributed by atoms with E-state index in [0.717, 1.165) is 11.8 Å². The first-order chi connectivity index (χ1) is 17.4. The third kappa shape index (κ3) is 5.89. The second-order valence-corrected chi connectivity index (χ2v) is 8.93. The fourth-order valence-electron chi connectivity index (χ4n) is 3.28. The molecule has 178 valence electrons. The van der Waals surface area contributed by atoms with Gasteiger partial charge in [0.1, 0.15) is 4.91 Å². The van der Waals surface area contributed by atoms with Gasteiger partial charge in [0.2, 0.25) is 5.78 Å². The molecule has 0 amide bonds. The number of ketones is 1. The molecule has 6 nitrogen and oxygen atoms in total. The standard InChI is InChI=1S/C28H18ClNO5S/c29-22-17-15-21(16-18-22)28(32)35-26(20-11-5-2-6-12-20)27(25(31)19-9-3-1-4-10-19)36-24-14-8-7-13-23(24)30(33)34/h1-18H. The normalized spacial score (nSPS) is 11.4. The van der Waals surface area contributed by atoms with Gasteiger partial charge in [-0.3, -0.25) is 14.9 Å². The van der Waals surface area contributed by atoms with Crippen molar-refractivity contribution in [1.82, 2.24) is 0 Å². The molecule has 0 radical (unpaired) electrons. The average Bonchev–Trinajstić information content (AvgIpc) is 2.91. The summed E-state index contributed by atoms with van der Waals surface area (Å²) in [5, 5.41) is 12.1. The second kappa shape index (κ2) is 11.5. The van der Waals surface area contributed by atoms with Gasteiger partial charge < -0.3 is 4.74 Å². The van der Waals surface area contributed by atoms with Crippen molar-refractivity contribution in [3.8, 4) is 0 Å². The zero-order valence-electron chi connectivity index (χ0n) is 18.7. The van der Waals surface area contributed by atoms with E-state index in [4.69, 9.17) is 16.3 Å². The summed E-state index contributed by atoms with van der Waals surface area (Å²) in [7, 11) is 0. The van der Waals surface area contributed by atoms with Gasteiger partial charge in [-0.05, 0) is 30.3 Å². The van der Waals surface area contributed by atoms with Crippen LogP contribution in [0.5, 0.6) is 0 Å². The van der Waals surface area contributed by atoms with Gasteiger partial charge in [0.15, 0.2) is 5.76 Å². The monoisotopic (exact) mass is 515 g/mol. The van der Waals surface area contributed by atoms with Crippen LogP contribution in [0.1, 0.15) is 26.3 Å². The Labute approximate surface area is 216 Å². The molecule has 4 aromatic carbocycles. The zero-order chi connectivity index (χ0) is 25.5. The highest BCUT2D eigenvalue weighted by Gasteiger charge is 2.26. The molecule has 36 heavy (non-hydrogen) atoms. The largest absolute Gasteiger partial charge is 0.421 e. The Morgan fingerprint density at radius 3 is 1.89 bits per heavy atom. The number of thioether (sulfide) groups is 1. The Morgan fingerprint density at radius 2 is 1.28 bits per heavy atom. The van der Waals surface area contributed by atoms with Crippen LogP contribution in [0.25, 0.3) is 5.76 Å². The van der Waals surface area contributed by atoms with Crippen molar-refractivity contribution in [3.05, 3.63) is 146 Å². The van der Waals surface area contributed by atoms with E-state index >= 15 is 0 Å². The van der Waals surface area contributed by atoms with Crippen molar-refractivity contribution in [2.45, 2.75) is 4.90 Å². The number of nitrogens with zero attached hydrogens (tertiary/aromatic N) is 1. The summed E-state index contributed by atoms with van der Waals surface area (Å²) in [4.78, 5) is 38.3. The number of carbonyl (C=O) groups excluding carboxylic acids is 2. The zero-order valence-corrected chi connectivity index (χ0v) is 20.2. The predicted molar refractivity (Wildman–Crippen MR) is 140 cm³/mol. The fraction of sp³-hybridized carbons (Fsp3) is 0. The highest BCUT2D eigenvalue weighted by atomic mass is 35.5. The number of hydrogen-bond donors (Lipinski definition) is 0. The molecule has 0 N–H and O–H groups in total. The molecule has 0 saturated carbocycles. The van der Waals surface area contributed by atoms with Gasteiger partial charge in [-0.2, -0.15) is 0 Å². The maximum absolute atomic E-state index is 13.8. The Kier molecular flexibility index (Phi) is 7.95. The van der Waals surface area contributed by atoms with Gasteiger partial charge in [0.05, 0.1) is 15.4 Å². The Bertz CT molecular complexity index is 1440. The van der Waals surface area contributed by atoms with E-state index < -0.39 is 16.7 Å². The lowest BCUT2D eigenvalue weighted by Gasteiger charge is -2.15. The van der Waals surface area contributed by atoms with Crippen molar-refractivity contribution < 1.29 is 19.2 Å². The molecule has 0 atom stereocenters. The van der Waals surface area contributed by atoms with Crippen molar-refractivity contribution in [1.29, 1.82) is 0 Å². The SMILES string of the molecule is O=C(OC(=C(Sc1ccccc1[N+](=O)[O-])C(=O)c1ccccc1)c1ccccc1)c1ccc(Cl)cc1. The highest BCUT2D eigenvalue weighted by Crippen LogP contribution is 2.40. The first-order valence-electron chi connectivity index (χ1n) is 10.7. The summed E-state index contributed by atoms with van der Waals surface area (Å²) in [6.07, 6.45) is 0. The number of para-hydroxylation sites is 1. The van der Waals surface area contributed by atoms with E-state index in [2.05, 4.69) is 0 Å². The number of carbonyl (C=O) groups is 2. The number of nitro groups is 1. The van der Waals surface area contributed by atoms with Crippen LogP contribution in [0, 0.1) is 10.1 Å². The number of nitro benzene ring substituents is 1. The molecule has 4 rings (SSSR count). The minimum absolute atomic E-state index is 0.00689. The van der Waals surface area contributed by atoms with Crippen LogP contribution in [-0.4, -0.2) is 16.7 Å². The molecule has 0 aliphatic heterocycles. The number of esters is 1. The number of benzene rings is 4. The maximum atomic E-state index is 13.8. The summed E-state index contributed by atoms with van der Waals surface area (Å²) >= 11 is 6.82. The molecule has 0 aliphatic rings. The van der Waals surface area contributed by atoms with E-state index in [-0.39, 0.29) is 26.8 Å². The Morgan fingerprint density at radius 1 is 0.722 bits per heavy atom. The second-order valence-electron chi connectivity index (χ2n) is 7.44. The van der Waals surface area contributed by atoms with Crippen LogP contribution in [0.3, 0.4) is 0 Å². The molecule has 4 aromatic rings. The smallest absolute Gasteiger partial charge is 0.343 e. The van der Waals surface area contributed by atoms with Crippen molar-refractivity contribution >= 4 is 46.6 Å². The molecule has 0 fully saturated rings. The lowest BCUT2D eigenvalue weighted by Crippen LogP contribution is -2.11. The first kappa shape index (κ1) is 24.9. The van der Waals surface area contributed by atoms with E-state index in [1.54, 1.807) is 91.0 Å². The lowest BCUT2D eigenvalue weighted by atomic mass is 10.1. The minimum atomic E-state index is -0.702. The molecule has 0 aromatic heterocycles. The van der Waals surface area contributed by atoms with Gasteiger partial charge >= 0.3 is 5.97 Å². The number of Topliss-reactive ketones (excluding diaryl/α,β-unsaturated/α-hetero) is 1. The average molecular weight is 516 g/mol. The Hall–Kier alpha value is -4.20. The topological polar surface area (TPSA) is 86.5 Å². The molecule has 0 heterocycles. The summed E-state index contributed by atoms with van der Waals surface area (Å²) in [5.41, 5.74) is 0.868. The minimum Gasteiger partial charge on any atom is -0.421 e. The summed E-state index contributed by atoms with van der Waals surface area (Å²) in [6.45, 7) is 0. The van der Waals surface area contributed by atoms with E-state index in [1.165, 1.54) is 18.2 Å². The molecule has 0 aliphatic carbocycles. The number of ether oxygens (including phenoxy) is 1. The van der Waals surface area contributed by atoms with E-state index in [1.807, 2.05) is 0 Å². The molecular formula is C28H18ClNO5S. The molecule has 8 heteroatoms. The number of allylic oxidation sites excluding steroid dienone is 1. The Balaban J connectivity index is 1.90. The third-order valence-electron chi connectivity index (χ3n) is 5.03. The lowest BCUT2D eigenvalue weighted by molar-refractivity contribution is -0.387. The predicted octanol–water partition coefficient (Wildman–Crippen LogP) is 7.45. The van der Waals surface area contributed by atoms with Crippen LogP contribution in [0.4, 0.5) is 5.69 Å². The van der Waals surface area contributed by atoms with Crippen LogP contribution < -0.4 is 0 Å². The fourth-order valence-corrected chi connectivity index (χ4v) is 4.49. The van der Waals surface area contributed by atoms with Crippen molar-refractivity contribution in [3.63, 3.8) is 0 Å². The number of halogens is 1. The molecule has 0 unspecified atom stereocenters. The van der Waals surface area contributed by atoms with Crippen molar-refractivity contribution in [2.75, 3.05) is 0 Å². The molecule has 0 saturated heterocycles. The van der Waals surface area contributed by atoms with Crippen LogP contribution >= 0.6 is 23.4 Å². The molecule has 0 bridgehead atoms. The number of hydrogen-bond acceptors (Lipinski definition) is 6. The summed E-state index contributed by atoms with van der Waals surface area (Å²) in [6, 6.07) is 29.4. The molecule has 0 spiro atoms. The highest BCUT2D eigenvalue weighted by molar-refractivity contribution is 8.04. The quantitative estimate of drug-likeness (QED) is 0.0460. The van der Waals surface area contributed by atoms with Crippen LogP contribution in [-0.2, 0) is 4.74 Å². The number of rotatable bonds is 8. The van der Waals surface area contributed by atoms with Gasteiger partial charge in [0, 0.05) is 22.2 Å². The van der Waals surface area contributed by atoms with Crippen LogP contribution in [0.15, 0.2) is 119 Å².